The van der Waals surface area contributed by atoms with E-state index < -0.39 is 0 Å². The number of aromatic nitrogens is 1. The van der Waals surface area contributed by atoms with Crippen molar-refractivity contribution in [1.82, 2.24) is 4.98 Å². The quantitative estimate of drug-likeness (QED) is 0.753. The summed E-state index contributed by atoms with van der Waals surface area (Å²) < 4.78 is 0. The maximum atomic E-state index is 10.7. The third-order valence-corrected chi connectivity index (χ3v) is 3.17. The van der Waals surface area contributed by atoms with E-state index in [-0.39, 0.29) is 0 Å². The lowest BCUT2D eigenvalue weighted by atomic mass is 9.84. The number of anilines is 1. The number of aldehydes is 1. The van der Waals surface area contributed by atoms with Crippen molar-refractivity contribution in [1.29, 1.82) is 0 Å². The summed E-state index contributed by atoms with van der Waals surface area (Å²) in [7, 11) is 0. The summed E-state index contributed by atoms with van der Waals surface area (Å²) in [5, 5.41) is 0. The number of hydrogen-bond donors (Lipinski definition) is 1. The van der Waals surface area contributed by atoms with Crippen LogP contribution in [0.4, 0.5) is 5.82 Å². The van der Waals surface area contributed by atoms with Gasteiger partial charge in [-0.15, -0.1) is 0 Å². The molecule has 0 bridgehead atoms. The molecule has 2 N–H and O–H groups in total. The van der Waals surface area contributed by atoms with Crippen LogP contribution in [0.3, 0.4) is 0 Å². The molecule has 15 heavy (non-hydrogen) atoms. The predicted molar refractivity (Wildman–Crippen MR) is 59.9 cm³/mol. The van der Waals surface area contributed by atoms with Gasteiger partial charge in [-0.25, -0.2) is 4.98 Å². The van der Waals surface area contributed by atoms with Crippen LogP contribution in [-0.2, 0) is 0 Å². The second-order valence-corrected chi connectivity index (χ2v) is 4.20. The molecule has 1 aliphatic carbocycles. The van der Waals surface area contributed by atoms with E-state index >= 15 is 0 Å². The summed E-state index contributed by atoms with van der Waals surface area (Å²) in [5.41, 5.74) is 7.29. The molecule has 0 aromatic carbocycles. The molecular weight excluding hydrogens is 188 g/mol. The normalized spacial score (nSPS) is 17.6. The van der Waals surface area contributed by atoms with Gasteiger partial charge in [0.25, 0.3) is 0 Å². The van der Waals surface area contributed by atoms with Gasteiger partial charge < -0.3 is 5.73 Å². The Balaban J connectivity index is 2.23. The molecule has 2 rings (SSSR count). The number of nitrogen functional groups attached to an aromatic ring is 1. The molecule has 1 heterocycles. The van der Waals surface area contributed by atoms with Crippen LogP contribution in [0.25, 0.3) is 0 Å². The first-order chi connectivity index (χ1) is 7.31. The van der Waals surface area contributed by atoms with Gasteiger partial charge in [-0.3, -0.25) is 4.79 Å². The smallest absolute Gasteiger partial charge is 0.153 e. The van der Waals surface area contributed by atoms with E-state index in [1.807, 2.05) is 12.3 Å². The van der Waals surface area contributed by atoms with E-state index in [1.54, 1.807) is 0 Å². The zero-order valence-corrected chi connectivity index (χ0v) is 8.78. The predicted octanol–water partition coefficient (Wildman–Crippen LogP) is 2.52. The zero-order valence-electron chi connectivity index (χ0n) is 8.78. The van der Waals surface area contributed by atoms with Crippen LogP contribution in [0.15, 0.2) is 12.3 Å². The van der Waals surface area contributed by atoms with Crippen LogP contribution in [0, 0.1) is 0 Å². The van der Waals surface area contributed by atoms with Crippen molar-refractivity contribution in [2.45, 2.75) is 38.0 Å². The monoisotopic (exact) mass is 204 g/mol. The van der Waals surface area contributed by atoms with Crippen LogP contribution in [0.2, 0.25) is 0 Å². The van der Waals surface area contributed by atoms with Gasteiger partial charge in [0.15, 0.2) is 6.29 Å². The van der Waals surface area contributed by atoms with E-state index in [0.717, 1.165) is 6.29 Å². The van der Waals surface area contributed by atoms with Crippen molar-refractivity contribution < 1.29 is 4.79 Å². The first-order valence-electron chi connectivity index (χ1n) is 5.52. The van der Waals surface area contributed by atoms with Gasteiger partial charge in [0.2, 0.25) is 0 Å². The standard InChI is InChI=1S/C12H16N2O/c13-12-11(8-15)6-10(7-14-12)9-4-2-1-3-5-9/h6-9H,1-5H2,(H2,13,14). The Morgan fingerprint density at radius 2 is 2.07 bits per heavy atom. The molecule has 0 unspecified atom stereocenters. The van der Waals surface area contributed by atoms with E-state index in [9.17, 15) is 4.79 Å². The van der Waals surface area contributed by atoms with Gasteiger partial charge in [0.1, 0.15) is 5.82 Å². The largest absolute Gasteiger partial charge is 0.383 e. The van der Waals surface area contributed by atoms with Crippen molar-refractivity contribution in [3.63, 3.8) is 0 Å². The molecule has 1 fully saturated rings. The third-order valence-electron chi connectivity index (χ3n) is 3.17. The fraction of sp³-hybridized carbons (Fsp3) is 0.500. The summed E-state index contributed by atoms with van der Waals surface area (Å²) in [4.78, 5) is 14.8. The van der Waals surface area contributed by atoms with Crippen molar-refractivity contribution in [3.8, 4) is 0 Å². The number of nitrogens with zero attached hydrogens (tertiary/aromatic N) is 1. The zero-order chi connectivity index (χ0) is 10.7. The summed E-state index contributed by atoms with van der Waals surface area (Å²) in [6.07, 6.45) is 8.93. The van der Waals surface area contributed by atoms with Gasteiger partial charge in [0, 0.05) is 6.20 Å². The van der Waals surface area contributed by atoms with Crippen molar-refractivity contribution >= 4 is 12.1 Å². The molecule has 0 atom stereocenters. The molecule has 0 spiro atoms. The molecule has 1 aromatic heterocycles. The highest BCUT2D eigenvalue weighted by molar-refractivity contribution is 5.81. The van der Waals surface area contributed by atoms with Crippen molar-refractivity contribution in [2.75, 3.05) is 5.73 Å². The molecule has 0 amide bonds. The Bertz CT molecular complexity index is 357. The first-order valence-corrected chi connectivity index (χ1v) is 5.52. The van der Waals surface area contributed by atoms with Crippen molar-refractivity contribution in [3.05, 3.63) is 23.4 Å². The van der Waals surface area contributed by atoms with Crippen LogP contribution in [-0.4, -0.2) is 11.3 Å². The molecule has 0 aliphatic heterocycles. The van der Waals surface area contributed by atoms with Crippen LogP contribution >= 0.6 is 0 Å². The van der Waals surface area contributed by atoms with E-state index in [2.05, 4.69) is 4.98 Å². The number of carbonyl (C=O) groups is 1. The lowest BCUT2D eigenvalue weighted by Crippen LogP contribution is -2.07. The highest BCUT2D eigenvalue weighted by Crippen LogP contribution is 2.32. The number of rotatable bonds is 2. The van der Waals surface area contributed by atoms with Crippen molar-refractivity contribution in [2.24, 2.45) is 0 Å². The maximum Gasteiger partial charge on any atom is 0.153 e. The SMILES string of the molecule is Nc1ncc(C2CCCCC2)cc1C=O. The second kappa shape index (κ2) is 4.43. The van der Waals surface area contributed by atoms with Gasteiger partial charge in [0.05, 0.1) is 5.56 Å². The van der Waals surface area contributed by atoms with E-state index in [4.69, 9.17) is 5.73 Å². The van der Waals surface area contributed by atoms with E-state index in [0.29, 0.717) is 17.3 Å². The Morgan fingerprint density at radius 1 is 1.33 bits per heavy atom. The molecule has 3 heteroatoms. The Labute approximate surface area is 89.7 Å². The molecule has 3 nitrogen and oxygen atoms in total. The Morgan fingerprint density at radius 3 is 2.73 bits per heavy atom. The molecular formula is C12H16N2O. The summed E-state index contributed by atoms with van der Waals surface area (Å²) in [6, 6.07) is 1.89. The fourth-order valence-corrected chi connectivity index (χ4v) is 2.26. The molecule has 1 aliphatic rings. The maximum absolute atomic E-state index is 10.7. The average molecular weight is 204 g/mol. The summed E-state index contributed by atoms with van der Waals surface area (Å²) in [6.45, 7) is 0. The topological polar surface area (TPSA) is 56.0 Å². The minimum absolute atomic E-state index is 0.338. The molecule has 1 saturated carbocycles. The van der Waals surface area contributed by atoms with Gasteiger partial charge in [-0.05, 0) is 30.4 Å². The molecule has 1 aromatic rings. The fourth-order valence-electron chi connectivity index (χ4n) is 2.26. The van der Waals surface area contributed by atoms with Crippen LogP contribution in [0.1, 0.15) is 53.9 Å². The number of carbonyl (C=O) groups excluding carboxylic acids is 1. The molecule has 0 radical (unpaired) electrons. The average Bonchev–Trinajstić information content (AvgIpc) is 2.31. The van der Waals surface area contributed by atoms with Gasteiger partial charge >= 0.3 is 0 Å². The minimum atomic E-state index is 0.338. The second-order valence-electron chi connectivity index (χ2n) is 4.20. The molecule has 80 valence electrons. The number of hydrogen-bond acceptors (Lipinski definition) is 3. The van der Waals surface area contributed by atoms with Gasteiger partial charge in [-0.1, -0.05) is 19.3 Å². The Kier molecular flexibility index (Phi) is 2.99. The first kappa shape index (κ1) is 10.1. The highest BCUT2D eigenvalue weighted by atomic mass is 16.1. The third kappa shape index (κ3) is 2.17. The van der Waals surface area contributed by atoms with Gasteiger partial charge in [-0.2, -0.15) is 0 Å². The molecule has 0 saturated heterocycles. The van der Waals surface area contributed by atoms with Crippen LogP contribution in [0.5, 0.6) is 0 Å². The Hall–Kier alpha value is -1.38. The summed E-state index contributed by atoms with van der Waals surface area (Å²) >= 11 is 0. The number of pyridine rings is 1. The lowest BCUT2D eigenvalue weighted by molar-refractivity contribution is 0.112. The van der Waals surface area contributed by atoms with E-state index in [1.165, 1.54) is 37.7 Å². The minimum Gasteiger partial charge on any atom is -0.383 e. The lowest BCUT2D eigenvalue weighted by Gasteiger charge is -2.21. The van der Waals surface area contributed by atoms with Crippen LogP contribution < -0.4 is 5.73 Å². The highest BCUT2D eigenvalue weighted by Gasteiger charge is 2.16. The summed E-state index contributed by atoms with van der Waals surface area (Å²) in [5.74, 6) is 0.912. The number of nitrogens with two attached hydrogens (primary N) is 1.